The third-order valence-electron chi connectivity index (χ3n) is 5.54. The van der Waals surface area contributed by atoms with Crippen LogP contribution in [0.1, 0.15) is 35.3 Å². The number of hydrogen-bond donors (Lipinski definition) is 2. The van der Waals surface area contributed by atoms with E-state index in [0.29, 0.717) is 31.0 Å². The van der Waals surface area contributed by atoms with Crippen molar-refractivity contribution in [3.8, 4) is 5.69 Å². The number of nitrogens with two attached hydrogens (primary N) is 1. The molecule has 1 saturated heterocycles. The summed E-state index contributed by atoms with van der Waals surface area (Å²) in [6, 6.07) is 13.3. The third-order valence-corrected chi connectivity index (χ3v) is 5.54. The Labute approximate surface area is 181 Å². The maximum absolute atomic E-state index is 12.6. The monoisotopic (exact) mass is 421 g/mol. The molecular formula is C23H27N5O3. The normalized spacial score (nSPS) is 16.3. The number of amides is 2. The second-order valence-corrected chi connectivity index (χ2v) is 7.80. The number of aryl methyl sites for hydroxylation is 1. The Kier molecular flexibility index (Phi) is 6.35. The van der Waals surface area contributed by atoms with Crippen LogP contribution >= 0.6 is 0 Å². The molecule has 0 aliphatic carbocycles. The van der Waals surface area contributed by atoms with Gasteiger partial charge in [-0.3, -0.25) is 9.59 Å². The van der Waals surface area contributed by atoms with Crippen LogP contribution in [-0.2, 0) is 11.2 Å². The maximum Gasteiger partial charge on any atom is 0.257 e. The van der Waals surface area contributed by atoms with Crippen molar-refractivity contribution < 1.29 is 14.0 Å². The molecule has 1 aliphatic rings. The van der Waals surface area contributed by atoms with Gasteiger partial charge in [0, 0.05) is 25.7 Å². The number of rotatable bonds is 7. The van der Waals surface area contributed by atoms with Crippen LogP contribution in [0.3, 0.4) is 0 Å². The van der Waals surface area contributed by atoms with Crippen molar-refractivity contribution in [2.24, 2.45) is 5.92 Å². The Morgan fingerprint density at radius 2 is 2.06 bits per heavy atom. The number of nitrogens with one attached hydrogen (secondary N) is 1. The van der Waals surface area contributed by atoms with E-state index >= 15 is 0 Å². The van der Waals surface area contributed by atoms with Gasteiger partial charge in [-0.25, -0.2) is 4.68 Å². The summed E-state index contributed by atoms with van der Waals surface area (Å²) in [4.78, 5) is 26.8. The van der Waals surface area contributed by atoms with E-state index in [0.717, 1.165) is 37.1 Å². The highest BCUT2D eigenvalue weighted by atomic mass is 16.3. The Hall–Kier alpha value is -3.55. The number of benzene rings is 1. The fourth-order valence-electron chi connectivity index (χ4n) is 3.91. The average Bonchev–Trinajstić information content (AvgIpc) is 3.47. The van der Waals surface area contributed by atoms with Gasteiger partial charge in [-0.15, -0.1) is 0 Å². The van der Waals surface area contributed by atoms with Crippen LogP contribution < -0.4 is 11.1 Å². The quantitative estimate of drug-likeness (QED) is 0.571. The van der Waals surface area contributed by atoms with Gasteiger partial charge in [0.2, 0.25) is 5.91 Å². The first-order valence-corrected chi connectivity index (χ1v) is 10.6. The van der Waals surface area contributed by atoms with E-state index < -0.39 is 0 Å². The van der Waals surface area contributed by atoms with E-state index in [4.69, 9.17) is 10.2 Å². The molecule has 0 spiro atoms. The summed E-state index contributed by atoms with van der Waals surface area (Å²) in [5.41, 5.74) is 8.43. The molecular weight excluding hydrogens is 394 g/mol. The molecule has 4 rings (SSSR count). The fourth-order valence-corrected chi connectivity index (χ4v) is 3.91. The van der Waals surface area contributed by atoms with Gasteiger partial charge in [0.1, 0.15) is 12.1 Å². The number of hydrogen-bond acceptors (Lipinski definition) is 5. The Bertz CT molecular complexity index is 1010. The van der Waals surface area contributed by atoms with Crippen molar-refractivity contribution in [3.63, 3.8) is 0 Å². The van der Waals surface area contributed by atoms with E-state index in [1.54, 1.807) is 15.6 Å². The summed E-state index contributed by atoms with van der Waals surface area (Å²) in [5, 5.41) is 7.58. The summed E-state index contributed by atoms with van der Waals surface area (Å²) >= 11 is 0. The molecule has 3 N–H and O–H groups in total. The number of nitrogens with zero attached hydrogens (tertiary/aromatic N) is 3. The molecule has 0 unspecified atom stereocenters. The fraction of sp³-hybridized carbons (Fsp3) is 0.348. The topological polar surface area (TPSA) is 106 Å². The van der Waals surface area contributed by atoms with Gasteiger partial charge in [0.15, 0.2) is 0 Å². The molecule has 2 amide bonds. The summed E-state index contributed by atoms with van der Waals surface area (Å²) < 4.78 is 6.72. The minimum atomic E-state index is -0.183. The van der Waals surface area contributed by atoms with Crippen LogP contribution in [-0.4, -0.2) is 46.1 Å². The van der Waals surface area contributed by atoms with Crippen LogP contribution in [0.15, 0.2) is 59.4 Å². The molecule has 8 nitrogen and oxygen atoms in total. The van der Waals surface area contributed by atoms with E-state index in [2.05, 4.69) is 10.4 Å². The number of anilines is 1. The minimum Gasteiger partial charge on any atom is -0.472 e. The van der Waals surface area contributed by atoms with Crippen molar-refractivity contribution >= 4 is 17.6 Å². The lowest BCUT2D eigenvalue weighted by molar-refractivity contribution is -0.126. The SMILES string of the molecule is Nc1cc(CCCNC(=O)[C@H]2CCCN(C(=O)c3ccoc3)C2)nn1-c1ccccc1. The molecule has 1 fully saturated rings. The van der Waals surface area contributed by atoms with Gasteiger partial charge in [-0.1, -0.05) is 18.2 Å². The summed E-state index contributed by atoms with van der Waals surface area (Å²) in [6.45, 7) is 1.66. The molecule has 0 saturated carbocycles. The lowest BCUT2D eigenvalue weighted by Gasteiger charge is -2.31. The number of aromatic nitrogens is 2. The predicted octanol–water partition coefficient (Wildman–Crippen LogP) is 2.65. The Morgan fingerprint density at radius 1 is 1.23 bits per heavy atom. The van der Waals surface area contributed by atoms with E-state index in [-0.39, 0.29) is 17.7 Å². The predicted molar refractivity (Wildman–Crippen MR) is 117 cm³/mol. The summed E-state index contributed by atoms with van der Waals surface area (Å²) in [7, 11) is 0. The number of carbonyl (C=O) groups excluding carboxylic acids is 2. The number of para-hydroxylation sites is 1. The van der Waals surface area contributed by atoms with Crippen LogP contribution in [0.25, 0.3) is 5.69 Å². The number of furan rings is 1. The molecule has 1 aliphatic heterocycles. The first-order chi connectivity index (χ1) is 15.1. The molecule has 31 heavy (non-hydrogen) atoms. The van der Waals surface area contributed by atoms with Gasteiger partial charge in [-0.2, -0.15) is 5.10 Å². The maximum atomic E-state index is 12.6. The van der Waals surface area contributed by atoms with Crippen LogP contribution in [0.2, 0.25) is 0 Å². The van der Waals surface area contributed by atoms with Gasteiger partial charge < -0.3 is 20.4 Å². The minimum absolute atomic E-state index is 0.000905. The molecule has 8 heteroatoms. The van der Waals surface area contributed by atoms with Gasteiger partial charge in [-0.05, 0) is 43.9 Å². The molecule has 3 aromatic rings. The summed E-state index contributed by atoms with van der Waals surface area (Å²) in [6.07, 6.45) is 6.02. The number of nitrogen functional groups attached to an aromatic ring is 1. The number of likely N-dealkylation sites (tertiary alicyclic amines) is 1. The highest BCUT2D eigenvalue weighted by Crippen LogP contribution is 2.19. The average molecular weight is 422 g/mol. The lowest BCUT2D eigenvalue weighted by atomic mass is 9.96. The second-order valence-electron chi connectivity index (χ2n) is 7.80. The zero-order valence-corrected chi connectivity index (χ0v) is 17.4. The molecule has 3 heterocycles. The molecule has 0 bridgehead atoms. The van der Waals surface area contributed by atoms with Gasteiger partial charge >= 0.3 is 0 Å². The largest absolute Gasteiger partial charge is 0.472 e. The number of carbonyl (C=O) groups is 2. The van der Waals surface area contributed by atoms with E-state index in [9.17, 15) is 9.59 Å². The molecule has 1 aromatic carbocycles. The highest BCUT2D eigenvalue weighted by Gasteiger charge is 2.29. The summed E-state index contributed by atoms with van der Waals surface area (Å²) in [5.74, 6) is 0.323. The smallest absolute Gasteiger partial charge is 0.257 e. The third kappa shape index (κ3) is 4.96. The highest BCUT2D eigenvalue weighted by molar-refractivity contribution is 5.94. The molecule has 1 atom stereocenters. The lowest BCUT2D eigenvalue weighted by Crippen LogP contribution is -2.45. The Morgan fingerprint density at radius 3 is 2.84 bits per heavy atom. The number of piperidine rings is 1. The molecule has 0 radical (unpaired) electrons. The Balaban J connectivity index is 1.24. The van der Waals surface area contributed by atoms with Gasteiger partial charge in [0.05, 0.1) is 29.1 Å². The van der Waals surface area contributed by atoms with E-state index in [1.807, 2.05) is 36.4 Å². The standard InChI is InChI=1S/C23H27N5O3/c24-21-14-19(26-28(21)20-8-2-1-3-9-20)7-4-11-25-22(29)17-6-5-12-27(15-17)23(30)18-10-13-31-16-18/h1-3,8-10,13-14,16-17H,4-7,11-12,15,24H2,(H,25,29)/t17-/m0/s1. The van der Waals surface area contributed by atoms with Crippen molar-refractivity contribution in [2.45, 2.75) is 25.7 Å². The van der Waals surface area contributed by atoms with Crippen molar-refractivity contribution in [1.29, 1.82) is 0 Å². The van der Waals surface area contributed by atoms with Crippen LogP contribution in [0.4, 0.5) is 5.82 Å². The first kappa shape index (κ1) is 20.7. The van der Waals surface area contributed by atoms with Crippen molar-refractivity contribution in [1.82, 2.24) is 20.0 Å². The van der Waals surface area contributed by atoms with Crippen molar-refractivity contribution in [3.05, 3.63) is 66.2 Å². The van der Waals surface area contributed by atoms with Crippen LogP contribution in [0, 0.1) is 5.92 Å². The zero-order chi connectivity index (χ0) is 21.6. The van der Waals surface area contributed by atoms with Gasteiger partial charge in [0.25, 0.3) is 5.91 Å². The second kappa shape index (κ2) is 9.51. The van der Waals surface area contributed by atoms with Crippen LogP contribution in [0.5, 0.6) is 0 Å². The zero-order valence-electron chi connectivity index (χ0n) is 17.4. The molecule has 162 valence electrons. The molecule has 2 aromatic heterocycles. The van der Waals surface area contributed by atoms with E-state index in [1.165, 1.54) is 12.5 Å². The van der Waals surface area contributed by atoms with Crippen molar-refractivity contribution in [2.75, 3.05) is 25.4 Å². The first-order valence-electron chi connectivity index (χ1n) is 10.6.